The average Bonchev–Trinajstić information content (AvgIpc) is 2.54. The maximum Gasteiger partial charge on any atom is 0.187 e. The second-order valence-corrected chi connectivity index (χ2v) is 5.53. The lowest BCUT2D eigenvalue weighted by Crippen LogP contribution is -2.64. The average molecular weight is 342 g/mol. The second kappa shape index (κ2) is 7.63. The molecule has 2 heterocycles. The molecule has 2 fully saturated rings. The van der Waals surface area contributed by atoms with Crippen molar-refractivity contribution in [1.29, 1.82) is 0 Å². The normalized spacial score (nSPS) is 51.7. The van der Waals surface area contributed by atoms with E-state index in [0.717, 1.165) is 0 Å². The molecule has 11 heteroatoms. The van der Waals surface area contributed by atoms with Gasteiger partial charge in [-0.05, 0) is 0 Å². The molecule has 2 saturated heterocycles. The number of aliphatic hydroxyl groups is 8. The molecule has 8 N–H and O–H groups in total. The number of hydrogen-bond acceptors (Lipinski definition) is 11. The lowest BCUT2D eigenvalue weighted by molar-refractivity contribution is -0.355. The molecule has 11 nitrogen and oxygen atoms in total. The van der Waals surface area contributed by atoms with Gasteiger partial charge in [-0.25, -0.2) is 0 Å². The molecule has 2 rings (SSSR count). The van der Waals surface area contributed by atoms with Gasteiger partial charge in [0.25, 0.3) is 0 Å². The van der Waals surface area contributed by atoms with Crippen LogP contribution >= 0.6 is 0 Å². The minimum Gasteiger partial charge on any atom is -0.394 e. The van der Waals surface area contributed by atoms with Gasteiger partial charge in [0.2, 0.25) is 0 Å². The van der Waals surface area contributed by atoms with E-state index in [-0.39, 0.29) is 0 Å². The van der Waals surface area contributed by atoms with Crippen LogP contribution in [0, 0.1) is 0 Å². The van der Waals surface area contributed by atoms with Crippen LogP contribution in [-0.4, -0.2) is 115 Å². The maximum atomic E-state index is 10.00. The zero-order valence-electron chi connectivity index (χ0n) is 12.0. The first-order valence-corrected chi connectivity index (χ1v) is 7.08. The summed E-state index contributed by atoms with van der Waals surface area (Å²) in [7, 11) is 0. The zero-order valence-corrected chi connectivity index (χ0v) is 12.0. The van der Waals surface area contributed by atoms with E-state index in [1.165, 1.54) is 0 Å². The van der Waals surface area contributed by atoms with E-state index in [4.69, 9.17) is 24.4 Å². The molecule has 10 atom stereocenters. The molecular weight excluding hydrogens is 320 g/mol. The Labute approximate surface area is 130 Å². The quantitative estimate of drug-likeness (QED) is 0.243. The molecule has 0 aliphatic carbocycles. The molecule has 0 aromatic carbocycles. The summed E-state index contributed by atoms with van der Waals surface area (Å²) in [6.07, 6.45) is -15.7. The van der Waals surface area contributed by atoms with Crippen LogP contribution in [0.15, 0.2) is 0 Å². The Balaban J connectivity index is 2.11. The summed E-state index contributed by atoms with van der Waals surface area (Å²) in [5.41, 5.74) is 0. The summed E-state index contributed by atoms with van der Waals surface area (Å²) in [6.45, 7) is -1.34. The Bertz CT molecular complexity index is 380. The van der Waals surface area contributed by atoms with Gasteiger partial charge >= 0.3 is 0 Å². The zero-order chi connectivity index (χ0) is 17.3. The van der Waals surface area contributed by atoms with Crippen LogP contribution in [0.2, 0.25) is 0 Å². The number of hydrogen-bond donors (Lipinski definition) is 8. The van der Waals surface area contributed by atoms with E-state index in [1.807, 2.05) is 0 Å². The minimum absolute atomic E-state index is 0.667. The fraction of sp³-hybridized carbons (Fsp3) is 1.00. The molecular formula is C12H22O11. The highest BCUT2D eigenvalue weighted by Gasteiger charge is 2.50. The number of aliphatic hydroxyl groups excluding tert-OH is 8. The van der Waals surface area contributed by atoms with Crippen LogP contribution in [0.1, 0.15) is 0 Å². The highest BCUT2D eigenvalue weighted by Crippen LogP contribution is 2.28. The van der Waals surface area contributed by atoms with Gasteiger partial charge in [0, 0.05) is 0 Å². The highest BCUT2D eigenvalue weighted by molar-refractivity contribution is 4.93. The second-order valence-electron chi connectivity index (χ2n) is 5.53. The SMILES string of the molecule is OCC1OC(O)C(O)[C@H](O[C@@H]2OC(CO)[C@H](O)C(O)C2O)C1O. The summed E-state index contributed by atoms with van der Waals surface area (Å²) in [6, 6.07) is 0. The van der Waals surface area contributed by atoms with Crippen LogP contribution in [-0.2, 0) is 14.2 Å². The van der Waals surface area contributed by atoms with Gasteiger partial charge in [-0.3, -0.25) is 0 Å². The van der Waals surface area contributed by atoms with E-state index >= 15 is 0 Å². The fourth-order valence-corrected chi connectivity index (χ4v) is 2.56. The number of ether oxygens (including phenoxy) is 3. The van der Waals surface area contributed by atoms with Crippen LogP contribution in [0.25, 0.3) is 0 Å². The van der Waals surface area contributed by atoms with Crippen molar-refractivity contribution >= 4 is 0 Å². The molecule has 23 heavy (non-hydrogen) atoms. The molecule has 2 aliphatic heterocycles. The standard InChI is InChI=1S/C12H22O11/c13-1-3-5(15)7(17)8(18)12(22-3)23-10-6(16)4(2-14)21-11(20)9(10)19/h3-20H,1-2H2/t3?,4?,5-,6?,7?,8?,9?,10+,11?,12-/m0/s1. The predicted molar refractivity (Wildman–Crippen MR) is 68.6 cm³/mol. The van der Waals surface area contributed by atoms with E-state index in [0.29, 0.717) is 0 Å². The molecule has 0 bridgehead atoms. The Morgan fingerprint density at radius 3 is 1.78 bits per heavy atom. The first-order valence-electron chi connectivity index (χ1n) is 7.08. The van der Waals surface area contributed by atoms with Crippen molar-refractivity contribution in [1.82, 2.24) is 0 Å². The largest absolute Gasteiger partial charge is 0.394 e. The molecule has 0 radical (unpaired) electrons. The third-order valence-corrected chi connectivity index (χ3v) is 3.98. The first-order chi connectivity index (χ1) is 10.8. The summed E-state index contributed by atoms with van der Waals surface area (Å²) in [4.78, 5) is 0. The molecule has 0 aromatic heterocycles. The summed E-state index contributed by atoms with van der Waals surface area (Å²) in [5, 5.41) is 76.8. The summed E-state index contributed by atoms with van der Waals surface area (Å²) in [5.74, 6) is 0. The van der Waals surface area contributed by atoms with Crippen molar-refractivity contribution in [3.8, 4) is 0 Å². The Kier molecular flexibility index (Phi) is 6.27. The molecule has 0 amide bonds. The minimum atomic E-state index is -1.76. The van der Waals surface area contributed by atoms with Gasteiger partial charge < -0.3 is 55.1 Å². The fourth-order valence-electron chi connectivity index (χ4n) is 2.56. The monoisotopic (exact) mass is 342 g/mol. The first kappa shape index (κ1) is 18.9. The van der Waals surface area contributed by atoms with Gasteiger partial charge in [-0.2, -0.15) is 0 Å². The van der Waals surface area contributed by atoms with Gasteiger partial charge in [-0.15, -0.1) is 0 Å². The third kappa shape index (κ3) is 3.65. The van der Waals surface area contributed by atoms with Crippen molar-refractivity contribution in [2.45, 2.75) is 61.4 Å². The molecule has 0 spiro atoms. The number of rotatable bonds is 4. The Hall–Kier alpha value is -0.440. The molecule has 7 unspecified atom stereocenters. The molecule has 2 aliphatic rings. The molecule has 0 saturated carbocycles. The third-order valence-electron chi connectivity index (χ3n) is 3.98. The van der Waals surface area contributed by atoms with Crippen molar-refractivity contribution in [2.75, 3.05) is 13.2 Å². The predicted octanol–water partition coefficient (Wildman–Crippen LogP) is -5.40. The van der Waals surface area contributed by atoms with Gasteiger partial charge in [0.1, 0.15) is 48.8 Å². The van der Waals surface area contributed by atoms with E-state index in [9.17, 15) is 30.6 Å². The molecule has 0 aromatic rings. The van der Waals surface area contributed by atoms with Crippen LogP contribution in [0.5, 0.6) is 0 Å². The van der Waals surface area contributed by atoms with Gasteiger partial charge in [0.05, 0.1) is 13.2 Å². The van der Waals surface area contributed by atoms with Crippen LogP contribution in [0.4, 0.5) is 0 Å². The van der Waals surface area contributed by atoms with E-state index < -0.39 is 74.6 Å². The summed E-state index contributed by atoms with van der Waals surface area (Å²) >= 11 is 0. The van der Waals surface area contributed by atoms with Crippen LogP contribution in [0.3, 0.4) is 0 Å². The van der Waals surface area contributed by atoms with Crippen molar-refractivity contribution in [2.24, 2.45) is 0 Å². The van der Waals surface area contributed by atoms with Crippen molar-refractivity contribution in [3.05, 3.63) is 0 Å². The lowest BCUT2D eigenvalue weighted by Gasteiger charge is -2.45. The molecule has 136 valence electrons. The lowest BCUT2D eigenvalue weighted by atomic mass is 9.97. The topological polar surface area (TPSA) is 190 Å². The van der Waals surface area contributed by atoms with Gasteiger partial charge in [0.15, 0.2) is 12.6 Å². The Morgan fingerprint density at radius 2 is 1.22 bits per heavy atom. The summed E-state index contributed by atoms with van der Waals surface area (Å²) < 4.78 is 15.1. The van der Waals surface area contributed by atoms with Crippen LogP contribution < -0.4 is 0 Å². The van der Waals surface area contributed by atoms with E-state index in [1.54, 1.807) is 0 Å². The van der Waals surface area contributed by atoms with Crippen molar-refractivity contribution in [3.63, 3.8) is 0 Å². The smallest absolute Gasteiger partial charge is 0.187 e. The maximum absolute atomic E-state index is 10.00. The Morgan fingerprint density at radius 1 is 0.652 bits per heavy atom. The highest BCUT2D eigenvalue weighted by atomic mass is 16.7. The van der Waals surface area contributed by atoms with E-state index in [2.05, 4.69) is 0 Å². The van der Waals surface area contributed by atoms with Crippen molar-refractivity contribution < 1.29 is 55.1 Å². The van der Waals surface area contributed by atoms with Gasteiger partial charge in [-0.1, -0.05) is 0 Å².